The number of aryl methyl sites for hydroxylation is 1. The van der Waals surface area contributed by atoms with Gasteiger partial charge in [0.25, 0.3) is 0 Å². The molecule has 0 bridgehead atoms. The summed E-state index contributed by atoms with van der Waals surface area (Å²) in [5.41, 5.74) is 0. The van der Waals surface area contributed by atoms with E-state index in [2.05, 4.69) is 44.6 Å². The Kier molecular flexibility index (Phi) is 7.20. The Labute approximate surface area is 118 Å². The lowest BCUT2D eigenvalue weighted by Crippen LogP contribution is -2.28. The maximum atomic E-state index is 5.40. The van der Waals surface area contributed by atoms with Crippen LogP contribution in [0, 0.1) is 0 Å². The van der Waals surface area contributed by atoms with E-state index in [1.807, 2.05) is 13.0 Å². The molecule has 5 heteroatoms. The second kappa shape index (κ2) is 8.43. The fourth-order valence-corrected chi connectivity index (χ4v) is 2.11. The Bertz CT molecular complexity index is 360. The van der Waals surface area contributed by atoms with Crippen molar-refractivity contribution < 1.29 is 4.74 Å². The maximum Gasteiger partial charge on any atom is 0.133 e. The zero-order valence-corrected chi connectivity index (χ0v) is 13.0. The van der Waals surface area contributed by atoms with Crippen molar-refractivity contribution in [1.82, 2.24) is 9.97 Å². The number of hydrogen-bond acceptors (Lipinski definition) is 4. The maximum absolute atomic E-state index is 5.40. The molecule has 1 aromatic heterocycles. The minimum atomic E-state index is 0.731. The molecule has 1 heterocycles. The fourth-order valence-electron chi connectivity index (χ4n) is 1.70. The summed E-state index contributed by atoms with van der Waals surface area (Å²) in [7, 11) is 0. The number of nitrogens with zero attached hydrogens (tertiary/aromatic N) is 3. The summed E-state index contributed by atoms with van der Waals surface area (Å²) in [6, 6.07) is 1.97. The molecule has 0 spiro atoms. The smallest absolute Gasteiger partial charge is 0.133 e. The minimum absolute atomic E-state index is 0.731. The summed E-state index contributed by atoms with van der Waals surface area (Å²) in [6.07, 6.45) is 1.97. The number of anilines is 1. The number of likely N-dealkylation sites (N-methyl/N-ethyl adjacent to an activating group) is 1. The van der Waals surface area contributed by atoms with Crippen LogP contribution in [0.3, 0.4) is 0 Å². The van der Waals surface area contributed by atoms with E-state index in [1.165, 1.54) is 0 Å². The lowest BCUT2D eigenvalue weighted by atomic mass is 10.3. The van der Waals surface area contributed by atoms with Crippen molar-refractivity contribution in [2.45, 2.75) is 33.6 Å². The minimum Gasteiger partial charge on any atom is -0.380 e. The van der Waals surface area contributed by atoms with Crippen LogP contribution in [0.1, 0.15) is 33.0 Å². The first kappa shape index (κ1) is 15.4. The highest BCUT2D eigenvalue weighted by atomic mass is 79.9. The van der Waals surface area contributed by atoms with Gasteiger partial charge >= 0.3 is 0 Å². The summed E-state index contributed by atoms with van der Waals surface area (Å²) in [4.78, 5) is 11.2. The summed E-state index contributed by atoms with van der Waals surface area (Å²) in [6.45, 7) is 9.54. The molecule has 0 aliphatic carbocycles. The SMILES string of the molecule is CCCc1nc(Br)cc(N(CC)CCOCC)n1. The van der Waals surface area contributed by atoms with Gasteiger partial charge in [-0.1, -0.05) is 6.92 Å². The Morgan fingerprint density at radius 1 is 1.28 bits per heavy atom. The van der Waals surface area contributed by atoms with Crippen LogP contribution in [0.15, 0.2) is 10.7 Å². The third kappa shape index (κ3) is 4.90. The molecule has 0 atom stereocenters. The molecule has 0 aliphatic heterocycles. The van der Waals surface area contributed by atoms with Crippen LogP contribution in [0.2, 0.25) is 0 Å². The van der Waals surface area contributed by atoms with Crippen LogP contribution in [0.4, 0.5) is 5.82 Å². The van der Waals surface area contributed by atoms with Gasteiger partial charge in [-0.15, -0.1) is 0 Å². The van der Waals surface area contributed by atoms with Crippen molar-refractivity contribution in [2.75, 3.05) is 31.2 Å². The van der Waals surface area contributed by atoms with E-state index in [9.17, 15) is 0 Å². The van der Waals surface area contributed by atoms with E-state index < -0.39 is 0 Å². The quantitative estimate of drug-likeness (QED) is 0.546. The average molecular weight is 316 g/mol. The van der Waals surface area contributed by atoms with Gasteiger partial charge in [-0.05, 0) is 36.2 Å². The molecule has 4 nitrogen and oxygen atoms in total. The first-order valence-electron chi connectivity index (χ1n) is 6.57. The third-order valence-electron chi connectivity index (χ3n) is 2.62. The van der Waals surface area contributed by atoms with E-state index in [0.717, 1.165) is 55.4 Å². The number of ether oxygens (including phenoxy) is 1. The molecule has 0 aromatic carbocycles. The van der Waals surface area contributed by atoms with Crippen LogP contribution in [0.5, 0.6) is 0 Å². The molecule has 18 heavy (non-hydrogen) atoms. The molecular formula is C13H22BrN3O. The van der Waals surface area contributed by atoms with Crippen LogP contribution >= 0.6 is 15.9 Å². The Hall–Kier alpha value is -0.680. The van der Waals surface area contributed by atoms with Gasteiger partial charge in [-0.2, -0.15) is 0 Å². The van der Waals surface area contributed by atoms with E-state index in [1.54, 1.807) is 0 Å². The molecule has 0 aliphatic rings. The van der Waals surface area contributed by atoms with Crippen LogP contribution < -0.4 is 4.90 Å². The predicted octanol–water partition coefficient (Wildman–Crippen LogP) is 3.05. The van der Waals surface area contributed by atoms with Gasteiger partial charge in [0.15, 0.2) is 0 Å². The Morgan fingerprint density at radius 3 is 2.67 bits per heavy atom. The van der Waals surface area contributed by atoms with Gasteiger partial charge in [0, 0.05) is 32.2 Å². The van der Waals surface area contributed by atoms with Crippen LogP contribution in [0.25, 0.3) is 0 Å². The fraction of sp³-hybridized carbons (Fsp3) is 0.692. The number of halogens is 1. The molecule has 0 unspecified atom stereocenters. The molecule has 0 fully saturated rings. The van der Waals surface area contributed by atoms with Gasteiger partial charge in [0.05, 0.1) is 6.61 Å². The van der Waals surface area contributed by atoms with Gasteiger partial charge < -0.3 is 9.64 Å². The van der Waals surface area contributed by atoms with Crippen LogP contribution in [-0.4, -0.2) is 36.3 Å². The molecule has 1 aromatic rings. The van der Waals surface area contributed by atoms with Gasteiger partial charge in [-0.3, -0.25) is 0 Å². The lowest BCUT2D eigenvalue weighted by molar-refractivity contribution is 0.154. The van der Waals surface area contributed by atoms with E-state index in [-0.39, 0.29) is 0 Å². The highest BCUT2D eigenvalue weighted by molar-refractivity contribution is 9.10. The number of hydrogen-bond donors (Lipinski definition) is 0. The third-order valence-corrected chi connectivity index (χ3v) is 3.02. The summed E-state index contributed by atoms with van der Waals surface area (Å²) < 4.78 is 6.25. The van der Waals surface area contributed by atoms with Crippen molar-refractivity contribution in [3.05, 3.63) is 16.5 Å². The zero-order chi connectivity index (χ0) is 13.4. The molecule has 1 rings (SSSR count). The topological polar surface area (TPSA) is 38.2 Å². The average Bonchev–Trinajstić information content (AvgIpc) is 2.34. The van der Waals surface area contributed by atoms with Crippen molar-refractivity contribution >= 4 is 21.7 Å². The molecular weight excluding hydrogens is 294 g/mol. The summed E-state index contributed by atoms with van der Waals surface area (Å²) in [5.74, 6) is 1.87. The van der Waals surface area contributed by atoms with Crippen molar-refractivity contribution in [2.24, 2.45) is 0 Å². The van der Waals surface area contributed by atoms with E-state index in [4.69, 9.17) is 4.74 Å². The molecule has 0 N–H and O–H groups in total. The molecule has 0 amide bonds. The lowest BCUT2D eigenvalue weighted by Gasteiger charge is -2.22. The van der Waals surface area contributed by atoms with Crippen molar-refractivity contribution in [1.29, 1.82) is 0 Å². The largest absolute Gasteiger partial charge is 0.380 e. The number of rotatable bonds is 8. The normalized spacial score (nSPS) is 10.7. The van der Waals surface area contributed by atoms with Gasteiger partial charge in [0.2, 0.25) is 0 Å². The first-order chi connectivity index (χ1) is 8.71. The second-order valence-corrected chi connectivity index (χ2v) is 4.80. The zero-order valence-electron chi connectivity index (χ0n) is 11.4. The summed E-state index contributed by atoms with van der Waals surface area (Å²) >= 11 is 3.45. The van der Waals surface area contributed by atoms with Gasteiger partial charge in [-0.25, -0.2) is 9.97 Å². The Morgan fingerprint density at radius 2 is 2.06 bits per heavy atom. The molecule has 0 saturated heterocycles. The molecule has 0 saturated carbocycles. The van der Waals surface area contributed by atoms with Crippen molar-refractivity contribution in [3.8, 4) is 0 Å². The van der Waals surface area contributed by atoms with Crippen molar-refractivity contribution in [3.63, 3.8) is 0 Å². The van der Waals surface area contributed by atoms with E-state index in [0.29, 0.717) is 0 Å². The highest BCUT2D eigenvalue weighted by Crippen LogP contribution is 2.17. The van der Waals surface area contributed by atoms with Gasteiger partial charge in [0.1, 0.15) is 16.2 Å². The highest BCUT2D eigenvalue weighted by Gasteiger charge is 2.09. The van der Waals surface area contributed by atoms with Crippen LogP contribution in [-0.2, 0) is 11.2 Å². The predicted molar refractivity (Wildman–Crippen MR) is 78.1 cm³/mol. The molecule has 0 radical (unpaired) electrons. The summed E-state index contributed by atoms with van der Waals surface area (Å²) in [5, 5.41) is 0. The Balaban J connectivity index is 2.77. The number of aromatic nitrogens is 2. The first-order valence-corrected chi connectivity index (χ1v) is 7.36. The molecule has 102 valence electrons. The monoisotopic (exact) mass is 315 g/mol. The standard InChI is InChI=1S/C13H22BrN3O/c1-4-7-12-15-11(14)10-13(16-12)17(5-2)8-9-18-6-3/h10H,4-9H2,1-3H3. The van der Waals surface area contributed by atoms with E-state index >= 15 is 0 Å². The second-order valence-electron chi connectivity index (χ2n) is 3.99.